The average Bonchev–Trinajstić information content (AvgIpc) is 3.28. The number of anilines is 1. The van der Waals surface area contributed by atoms with Crippen molar-refractivity contribution in [1.29, 1.82) is 0 Å². The van der Waals surface area contributed by atoms with E-state index in [0.29, 0.717) is 19.0 Å². The normalized spacial score (nSPS) is 15.2. The highest BCUT2D eigenvalue weighted by atomic mass is 16.3. The van der Waals surface area contributed by atoms with Crippen LogP contribution in [0, 0.1) is 5.92 Å². The minimum Gasteiger partial charge on any atom is -0.391 e. The summed E-state index contributed by atoms with van der Waals surface area (Å²) in [6.45, 7) is 1.07. The molecule has 0 aliphatic heterocycles. The maximum atomic E-state index is 12.1. The molecule has 1 aliphatic rings. The summed E-state index contributed by atoms with van der Waals surface area (Å²) in [5.41, 5.74) is 1.86. The lowest BCUT2D eigenvalue weighted by Crippen LogP contribution is -2.37. The largest absolute Gasteiger partial charge is 0.391 e. The molecular weight excluding hydrogens is 292 g/mol. The van der Waals surface area contributed by atoms with E-state index in [9.17, 15) is 9.90 Å². The molecule has 1 heterocycles. The van der Waals surface area contributed by atoms with Crippen LogP contribution in [0.2, 0.25) is 0 Å². The molecule has 1 atom stereocenters. The van der Waals surface area contributed by atoms with Crippen LogP contribution in [0.3, 0.4) is 0 Å². The maximum Gasteiger partial charge on any atom is 0.321 e. The van der Waals surface area contributed by atoms with Crippen LogP contribution in [-0.4, -0.2) is 45.5 Å². The zero-order valence-corrected chi connectivity index (χ0v) is 13.2. The van der Waals surface area contributed by atoms with Gasteiger partial charge < -0.3 is 15.3 Å². The second-order valence-corrected chi connectivity index (χ2v) is 6.12. The summed E-state index contributed by atoms with van der Waals surface area (Å²) >= 11 is 0. The van der Waals surface area contributed by atoms with E-state index < -0.39 is 6.10 Å². The van der Waals surface area contributed by atoms with Gasteiger partial charge >= 0.3 is 6.03 Å². The first-order valence-corrected chi connectivity index (χ1v) is 7.88. The van der Waals surface area contributed by atoms with Crippen LogP contribution in [0.15, 0.2) is 42.7 Å². The van der Waals surface area contributed by atoms with Crippen molar-refractivity contribution in [2.24, 2.45) is 5.92 Å². The Bertz CT molecular complexity index is 635. The zero-order chi connectivity index (χ0) is 16.2. The van der Waals surface area contributed by atoms with Crippen molar-refractivity contribution in [3.05, 3.63) is 48.3 Å². The summed E-state index contributed by atoms with van der Waals surface area (Å²) in [6, 6.07) is 9.38. The number of carbonyl (C=O) groups is 1. The van der Waals surface area contributed by atoms with Crippen molar-refractivity contribution in [2.45, 2.75) is 25.5 Å². The standard InChI is InChI=1S/C17H22N4O2/c1-20(12-16(22)14-5-6-14)17(23)19-15-7-3-13(4-8-15)11-21-10-2-9-18-21/h2-4,7-10,14,16,22H,5-6,11-12H2,1H3,(H,19,23). The van der Waals surface area contributed by atoms with Gasteiger partial charge in [-0.15, -0.1) is 0 Å². The van der Waals surface area contributed by atoms with Gasteiger partial charge in [-0.2, -0.15) is 5.10 Å². The Morgan fingerprint density at radius 2 is 2.17 bits per heavy atom. The van der Waals surface area contributed by atoms with Crippen LogP contribution in [0.1, 0.15) is 18.4 Å². The first-order valence-electron chi connectivity index (χ1n) is 7.88. The molecule has 0 bridgehead atoms. The molecular formula is C17H22N4O2. The minimum atomic E-state index is -0.415. The predicted octanol–water partition coefficient (Wildman–Crippen LogP) is 2.17. The minimum absolute atomic E-state index is 0.204. The number of aliphatic hydroxyl groups excluding tert-OH is 1. The lowest BCUT2D eigenvalue weighted by Gasteiger charge is -2.21. The van der Waals surface area contributed by atoms with E-state index in [2.05, 4.69) is 10.4 Å². The molecule has 1 saturated carbocycles. The van der Waals surface area contributed by atoms with Crippen LogP contribution in [0.4, 0.5) is 10.5 Å². The Kier molecular flexibility index (Phi) is 4.62. The van der Waals surface area contributed by atoms with Gasteiger partial charge in [0.25, 0.3) is 0 Å². The monoisotopic (exact) mass is 314 g/mol. The number of likely N-dealkylation sites (N-methyl/N-ethyl adjacent to an activating group) is 1. The number of aromatic nitrogens is 2. The van der Waals surface area contributed by atoms with E-state index in [1.165, 1.54) is 4.90 Å². The van der Waals surface area contributed by atoms with Crippen molar-refractivity contribution in [3.8, 4) is 0 Å². The number of carbonyl (C=O) groups excluding carboxylic acids is 1. The molecule has 1 aromatic carbocycles. The molecule has 3 rings (SSSR count). The predicted molar refractivity (Wildman–Crippen MR) is 88.2 cm³/mol. The second-order valence-electron chi connectivity index (χ2n) is 6.12. The van der Waals surface area contributed by atoms with Crippen LogP contribution in [0.25, 0.3) is 0 Å². The quantitative estimate of drug-likeness (QED) is 0.858. The van der Waals surface area contributed by atoms with Crippen LogP contribution < -0.4 is 5.32 Å². The lowest BCUT2D eigenvalue weighted by atomic mass is 10.2. The first kappa shape index (κ1) is 15.6. The molecule has 0 spiro atoms. The summed E-state index contributed by atoms with van der Waals surface area (Å²) in [5, 5.41) is 16.9. The SMILES string of the molecule is CN(CC(O)C1CC1)C(=O)Nc1ccc(Cn2cccn2)cc1. The molecule has 1 aliphatic carbocycles. The van der Waals surface area contributed by atoms with Gasteiger partial charge in [-0.25, -0.2) is 4.79 Å². The molecule has 6 heteroatoms. The third-order valence-corrected chi connectivity index (χ3v) is 4.08. The highest BCUT2D eigenvalue weighted by molar-refractivity contribution is 5.89. The number of rotatable bonds is 6. The summed E-state index contributed by atoms with van der Waals surface area (Å²) in [5.74, 6) is 0.367. The highest BCUT2D eigenvalue weighted by Crippen LogP contribution is 2.32. The molecule has 1 aromatic heterocycles. The Hall–Kier alpha value is -2.34. The summed E-state index contributed by atoms with van der Waals surface area (Å²) in [7, 11) is 1.70. The molecule has 122 valence electrons. The van der Waals surface area contributed by atoms with Crippen LogP contribution in [0.5, 0.6) is 0 Å². The van der Waals surface area contributed by atoms with E-state index in [-0.39, 0.29) is 6.03 Å². The van der Waals surface area contributed by atoms with Gasteiger partial charge in [0.2, 0.25) is 0 Å². The van der Waals surface area contributed by atoms with Crippen molar-refractivity contribution in [1.82, 2.24) is 14.7 Å². The van der Waals surface area contributed by atoms with E-state index in [0.717, 1.165) is 24.1 Å². The molecule has 1 fully saturated rings. The summed E-state index contributed by atoms with van der Waals surface area (Å²) in [6.07, 6.45) is 5.38. The van der Waals surface area contributed by atoms with E-state index in [1.54, 1.807) is 13.2 Å². The van der Waals surface area contributed by atoms with Gasteiger partial charge in [-0.3, -0.25) is 4.68 Å². The Morgan fingerprint density at radius 3 is 2.78 bits per heavy atom. The molecule has 2 aromatic rings. The number of nitrogens with one attached hydrogen (secondary N) is 1. The van der Waals surface area contributed by atoms with Crippen molar-refractivity contribution < 1.29 is 9.90 Å². The fourth-order valence-corrected chi connectivity index (χ4v) is 2.49. The molecule has 23 heavy (non-hydrogen) atoms. The van der Waals surface area contributed by atoms with Crippen molar-refractivity contribution in [3.63, 3.8) is 0 Å². The Balaban J connectivity index is 1.51. The molecule has 0 saturated heterocycles. The van der Waals surface area contributed by atoms with Gasteiger partial charge in [0.1, 0.15) is 0 Å². The number of aliphatic hydroxyl groups is 1. The molecule has 6 nitrogen and oxygen atoms in total. The average molecular weight is 314 g/mol. The highest BCUT2D eigenvalue weighted by Gasteiger charge is 2.31. The number of urea groups is 1. The van der Waals surface area contributed by atoms with Gasteiger partial charge in [0.15, 0.2) is 0 Å². The van der Waals surface area contributed by atoms with E-state index in [4.69, 9.17) is 0 Å². The lowest BCUT2D eigenvalue weighted by molar-refractivity contribution is 0.117. The molecule has 2 N–H and O–H groups in total. The number of amides is 2. The molecule has 1 unspecified atom stereocenters. The number of benzene rings is 1. The third kappa shape index (κ3) is 4.32. The number of hydrogen-bond acceptors (Lipinski definition) is 3. The summed E-state index contributed by atoms with van der Waals surface area (Å²) < 4.78 is 1.85. The molecule has 0 radical (unpaired) electrons. The maximum absolute atomic E-state index is 12.1. The van der Waals surface area contributed by atoms with Gasteiger partial charge in [-0.05, 0) is 42.5 Å². The topological polar surface area (TPSA) is 70.4 Å². The van der Waals surface area contributed by atoms with Crippen molar-refractivity contribution >= 4 is 11.7 Å². The summed E-state index contributed by atoms with van der Waals surface area (Å²) in [4.78, 5) is 13.7. The van der Waals surface area contributed by atoms with Gasteiger partial charge in [-0.1, -0.05) is 12.1 Å². The van der Waals surface area contributed by atoms with Crippen LogP contribution >= 0.6 is 0 Å². The van der Waals surface area contributed by atoms with Gasteiger partial charge in [0, 0.05) is 31.7 Å². The zero-order valence-electron chi connectivity index (χ0n) is 13.2. The first-order chi connectivity index (χ1) is 11.1. The van der Waals surface area contributed by atoms with Crippen LogP contribution in [-0.2, 0) is 6.54 Å². The number of nitrogens with zero attached hydrogens (tertiary/aromatic N) is 3. The number of hydrogen-bond donors (Lipinski definition) is 2. The van der Waals surface area contributed by atoms with E-state index in [1.807, 2.05) is 41.2 Å². The van der Waals surface area contributed by atoms with Crippen molar-refractivity contribution in [2.75, 3.05) is 18.9 Å². The third-order valence-electron chi connectivity index (χ3n) is 4.08. The fraction of sp³-hybridized carbons (Fsp3) is 0.412. The van der Waals surface area contributed by atoms with E-state index >= 15 is 0 Å². The van der Waals surface area contributed by atoms with Gasteiger partial charge in [0.05, 0.1) is 12.6 Å². The Morgan fingerprint density at radius 1 is 1.43 bits per heavy atom. The Labute approximate surface area is 135 Å². The second kappa shape index (κ2) is 6.83. The smallest absolute Gasteiger partial charge is 0.321 e. The molecule has 2 amide bonds. The fourth-order valence-electron chi connectivity index (χ4n) is 2.49.